The van der Waals surface area contributed by atoms with Crippen molar-refractivity contribution in [3.8, 4) is 0 Å². The second kappa shape index (κ2) is 7.67. The van der Waals surface area contributed by atoms with E-state index in [4.69, 9.17) is 4.74 Å². The molecule has 1 atom stereocenters. The highest BCUT2D eigenvalue weighted by atomic mass is 19.1. The summed E-state index contributed by atoms with van der Waals surface area (Å²) in [7, 11) is 0. The van der Waals surface area contributed by atoms with Gasteiger partial charge in [0.1, 0.15) is 11.6 Å². The quantitative estimate of drug-likeness (QED) is 0.671. The number of rotatable bonds is 5. The number of ether oxygens (including phenoxy) is 1. The fourth-order valence-corrected chi connectivity index (χ4v) is 2.66. The van der Waals surface area contributed by atoms with E-state index in [1.807, 2.05) is 0 Å². The van der Waals surface area contributed by atoms with Crippen LogP contribution in [0.2, 0.25) is 0 Å². The number of carbonyl (C=O) groups is 2. The van der Waals surface area contributed by atoms with E-state index < -0.39 is 36.2 Å². The van der Waals surface area contributed by atoms with Gasteiger partial charge in [-0.05, 0) is 32.9 Å². The lowest BCUT2D eigenvalue weighted by molar-refractivity contribution is -0.124. The van der Waals surface area contributed by atoms with Crippen molar-refractivity contribution in [3.05, 3.63) is 58.7 Å². The van der Waals surface area contributed by atoms with Crippen molar-refractivity contribution < 1.29 is 23.1 Å². The number of carbonyl (C=O) groups excluding carboxylic acids is 2. The van der Waals surface area contributed by atoms with Gasteiger partial charge in [0, 0.05) is 23.0 Å². The number of aromatic nitrogens is 4. The number of halogens is 2. The highest BCUT2D eigenvalue weighted by molar-refractivity contribution is 5.88. The summed E-state index contributed by atoms with van der Waals surface area (Å²) >= 11 is 0. The van der Waals surface area contributed by atoms with Crippen LogP contribution in [0.1, 0.15) is 40.5 Å². The standard InChI is InChI=1S/C18H17F2N5O3/c1-9-6-10(2)25-18(21-9)23-16(24-25)17(27)28-8-15(26)22-11(3)13-5-4-12(19)7-14(13)20/h4-7,11H,8H2,1-3H3,(H,22,26)/t11-/m0/s1. The van der Waals surface area contributed by atoms with Crippen LogP contribution in [0.25, 0.3) is 5.78 Å². The lowest BCUT2D eigenvalue weighted by Gasteiger charge is -2.15. The summed E-state index contributed by atoms with van der Waals surface area (Å²) in [6, 6.07) is 4.09. The topological polar surface area (TPSA) is 98.5 Å². The van der Waals surface area contributed by atoms with Crippen LogP contribution in [0.15, 0.2) is 24.3 Å². The molecule has 3 aromatic rings. The molecule has 0 unspecified atom stereocenters. The predicted octanol–water partition coefficient (Wildman–Crippen LogP) is 2.05. The summed E-state index contributed by atoms with van der Waals surface area (Å²) in [5, 5.41) is 6.48. The molecule has 0 radical (unpaired) electrons. The molecule has 3 rings (SSSR count). The van der Waals surface area contributed by atoms with Crippen molar-refractivity contribution >= 4 is 17.7 Å². The summed E-state index contributed by atoms with van der Waals surface area (Å²) < 4.78 is 33.0. The maximum absolute atomic E-state index is 13.7. The molecule has 1 aromatic carbocycles. The molecule has 2 heterocycles. The van der Waals surface area contributed by atoms with Gasteiger partial charge in [0.15, 0.2) is 6.61 Å². The Morgan fingerprint density at radius 1 is 1.21 bits per heavy atom. The number of hydrogen-bond acceptors (Lipinski definition) is 6. The van der Waals surface area contributed by atoms with Crippen molar-refractivity contribution in [2.24, 2.45) is 0 Å². The number of benzene rings is 1. The summed E-state index contributed by atoms with van der Waals surface area (Å²) in [5.74, 6) is -3.02. The van der Waals surface area contributed by atoms with Gasteiger partial charge in [-0.1, -0.05) is 6.07 Å². The molecular weight excluding hydrogens is 372 g/mol. The summed E-state index contributed by atoms with van der Waals surface area (Å²) in [4.78, 5) is 32.2. The van der Waals surface area contributed by atoms with E-state index in [1.165, 1.54) is 17.5 Å². The minimum Gasteiger partial charge on any atom is -0.450 e. The van der Waals surface area contributed by atoms with Crippen LogP contribution in [0.3, 0.4) is 0 Å². The van der Waals surface area contributed by atoms with Gasteiger partial charge in [-0.25, -0.2) is 23.1 Å². The number of aryl methyl sites for hydroxylation is 2. The van der Waals surface area contributed by atoms with E-state index in [2.05, 4.69) is 20.4 Å². The number of nitrogens with zero attached hydrogens (tertiary/aromatic N) is 4. The van der Waals surface area contributed by atoms with Crippen LogP contribution < -0.4 is 5.32 Å². The molecule has 0 aliphatic heterocycles. The van der Waals surface area contributed by atoms with E-state index >= 15 is 0 Å². The SMILES string of the molecule is Cc1cc(C)n2nc(C(=O)OCC(=O)N[C@@H](C)c3ccc(F)cc3F)nc2n1. The van der Waals surface area contributed by atoms with Gasteiger partial charge in [-0.2, -0.15) is 4.98 Å². The third-order valence-electron chi connectivity index (χ3n) is 3.94. The second-order valence-corrected chi connectivity index (χ2v) is 6.22. The van der Waals surface area contributed by atoms with Crippen LogP contribution in [-0.4, -0.2) is 38.1 Å². The van der Waals surface area contributed by atoms with Gasteiger partial charge in [0.25, 0.3) is 17.5 Å². The minimum absolute atomic E-state index is 0.111. The first kappa shape index (κ1) is 19.3. The van der Waals surface area contributed by atoms with Crippen molar-refractivity contribution in [1.29, 1.82) is 0 Å². The Labute approximate surface area is 158 Å². The van der Waals surface area contributed by atoms with E-state index in [0.717, 1.165) is 23.5 Å². The van der Waals surface area contributed by atoms with Crippen LogP contribution in [0.5, 0.6) is 0 Å². The Morgan fingerprint density at radius 3 is 2.68 bits per heavy atom. The molecule has 0 aliphatic rings. The Kier molecular flexibility index (Phi) is 5.30. The van der Waals surface area contributed by atoms with Gasteiger partial charge in [0.2, 0.25) is 0 Å². The Hall–Kier alpha value is -3.43. The molecule has 0 saturated carbocycles. The summed E-state index contributed by atoms with van der Waals surface area (Å²) in [6.07, 6.45) is 0. The third kappa shape index (κ3) is 4.11. The molecule has 28 heavy (non-hydrogen) atoms. The van der Waals surface area contributed by atoms with Gasteiger partial charge in [0.05, 0.1) is 6.04 Å². The van der Waals surface area contributed by atoms with Crippen LogP contribution >= 0.6 is 0 Å². The van der Waals surface area contributed by atoms with Crippen molar-refractivity contribution in [2.45, 2.75) is 26.8 Å². The molecule has 1 amide bonds. The highest BCUT2D eigenvalue weighted by Crippen LogP contribution is 2.17. The largest absolute Gasteiger partial charge is 0.450 e. The Bertz CT molecular complexity index is 1070. The molecule has 0 saturated heterocycles. The molecule has 0 aliphatic carbocycles. The summed E-state index contributed by atoms with van der Waals surface area (Å²) in [6.45, 7) is 4.49. The first-order valence-corrected chi connectivity index (χ1v) is 8.37. The maximum Gasteiger partial charge on any atom is 0.378 e. The van der Waals surface area contributed by atoms with Crippen LogP contribution in [-0.2, 0) is 9.53 Å². The van der Waals surface area contributed by atoms with Crippen LogP contribution in [0.4, 0.5) is 8.78 Å². The molecular formula is C18H17F2N5O3. The fraction of sp³-hybridized carbons (Fsp3) is 0.278. The molecule has 10 heteroatoms. The number of esters is 1. The lowest BCUT2D eigenvalue weighted by atomic mass is 10.1. The molecule has 0 fully saturated rings. The first-order valence-electron chi connectivity index (χ1n) is 8.37. The summed E-state index contributed by atoms with van der Waals surface area (Å²) in [5.41, 5.74) is 1.57. The number of fused-ring (bicyclic) bond motifs is 1. The average Bonchev–Trinajstić information content (AvgIpc) is 3.04. The Balaban J connectivity index is 1.61. The van der Waals surface area contributed by atoms with Gasteiger partial charge < -0.3 is 10.1 Å². The van der Waals surface area contributed by atoms with E-state index in [0.29, 0.717) is 0 Å². The van der Waals surface area contributed by atoms with E-state index in [9.17, 15) is 18.4 Å². The van der Waals surface area contributed by atoms with Crippen molar-refractivity contribution in [1.82, 2.24) is 24.9 Å². The van der Waals surface area contributed by atoms with Gasteiger partial charge >= 0.3 is 5.97 Å². The molecule has 146 valence electrons. The first-order chi connectivity index (χ1) is 13.2. The van der Waals surface area contributed by atoms with Crippen molar-refractivity contribution in [2.75, 3.05) is 6.61 Å². The zero-order chi connectivity index (χ0) is 20.4. The highest BCUT2D eigenvalue weighted by Gasteiger charge is 2.19. The fourth-order valence-electron chi connectivity index (χ4n) is 2.66. The zero-order valence-electron chi connectivity index (χ0n) is 15.4. The second-order valence-electron chi connectivity index (χ2n) is 6.22. The average molecular weight is 389 g/mol. The van der Waals surface area contributed by atoms with E-state index in [-0.39, 0.29) is 17.2 Å². The minimum atomic E-state index is -0.890. The zero-order valence-corrected chi connectivity index (χ0v) is 15.4. The van der Waals surface area contributed by atoms with Crippen LogP contribution in [0, 0.1) is 25.5 Å². The molecule has 1 N–H and O–H groups in total. The smallest absolute Gasteiger partial charge is 0.378 e. The number of hydrogen-bond donors (Lipinski definition) is 1. The third-order valence-corrected chi connectivity index (χ3v) is 3.94. The van der Waals surface area contributed by atoms with Crippen molar-refractivity contribution in [3.63, 3.8) is 0 Å². The molecule has 8 nitrogen and oxygen atoms in total. The lowest BCUT2D eigenvalue weighted by Crippen LogP contribution is -2.31. The molecule has 0 bridgehead atoms. The van der Waals surface area contributed by atoms with E-state index in [1.54, 1.807) is 19.9 Å². The monoisotopic (exact) mass is 389 g/mol. The molecule has 0 spiro atoms. The maximum atomic E-state index is 13.7. The number of amides is 1. The Morgan fingerprint density at radius 2 is 1.96 bits per heavy atom. The molecule has 2 aromatic heterocycles. The normalized spacial score (nSPS) is 12.0. The van der Waals surface area contributed by atoms with Gasteiger partial charge in [-0.15, -0.1) is 5.10 Å². The van der Waals surface area contributed by atoms with Gasteiger partial charge in [-0.3, -0.25) is 4.79 Å². The predicted molar refractivity (Wildman–Crippen MR) is 93.5 cm³/mol. The number of nitrogens with one attached hydrogen (secondary N) is 1.